The molecule has 1 aliphatic carbocycles. The van der Waals surface area contributed by atoms with E-state index in [-0.39, 0.29) is 12.0 Å². The van der Waals surface area contributed by atoms with E-state index in [0.717, 1.165) is 55.7 Å². The number of benzene rings is 6. The van der Waals surface area contributed by atoms with E-state index < -0.39 is 0 Å². The van der Waals surface area contributed by atoms with Crippen molar-refractivity contribution in [2.24, 2.45) is 0 Å². The molecule has 0 spiro atoms. The van der Waals surface area contributed by atoms with Gasteiger partial charge in [0.2, 0.25) is 0 Å². The third-order valence-electron chi connectivity index (χ3n) is 11.2. The normalized spacial score (nSPS) is 16.6. The van der Waals surface area contributed by atoms with Crippen molar-refractivity contribution >= 4 is 83.2 Å². The van der Waals surface area contributed by atoms with E-state index in [2.05, 4.69) is 178 Å². The monoisotopic (exact) mass is 711 g/mol. The Morgan fingerprint density at radius 1 is 0.685 bits per heavy atom. The molecular weight excluding hydrogens is 675 g/mol. The Hall–Kier alpha value is -6.36. The number of hydrogen-bond acceptors (Lipinski definition) is 4. The van der Waals surface area contributed by atoms with E-state index >= 15 is 0 Å². The maximum Gasteiger partial charge on any atom is 0.161 e. The van der Waals surface area contributed by atoms with Gasteiger partial charge in [-0.15, -0.1) is 11.3 Å². The summed E-state index contributed by atoms with van der Waals surface area (Å²) < 4.78 is 1.31. The molecule has 0 N–H and O–H groups in total. The van der Waals surface area contributed by atoms with Crippen LogP contribution in [0.3, 0.4) is 0 Å². The van der Waals surface area contributed by atoms with Gasteiger partial charge in [0.05, 0.1) is 17.1 Å². The maximum atomic E-state index is 5.75. The third kappa shape index (κ3) is 4.60. The topological polar surface area (TPSA) is 29.0 Å². The molecule has 54 heavy (non-hydrogen) atoms. The Labute approximate surface area is 319 Å². The molecule has 2 aliphatic rings. The van der Waals surface area contributed by atoms with E-state index in [1.807, 2.05) is 17.4 Å². The highest BCUT2D eigenvalue weighted by molar-refractivity contribution is 7.20. The quantitative estimate of drug-likeness (QED) is 0.161. The lowest BCUT2D eigenvalue weighted by molar-refractivity contribution is 0.656. The molecule has 2 aromatic heterocycles. The molecule has 3 heterocycles. The highest BCUT2D eigenvalue weighted by atomic mass is 32.1. The number of thiophene rings is 1. The van der Waals surface area contributed by atoms with Crippen molar-refractivity contribution in [2.45, 2.75) is 25.8 Å². The highest BCUT2D eigenvalue weighted by Gasteiger charge is 2.48. The highest BCUT2D eigenvalue weighted by Crippen LogP contribution is 2.63. The lowest BCUT2D eigenvalue weighted by Gasteiger charge is -2.35. The van der Waals surface area contributed by atoms with Gasteiger partial charge in [0.15, 0.2) is 5.82 Å². The van der Waals surface area contributed by atoms with E-state index in [1.54, 1.807) is 0 Å². The number of anilines is 2. The van der Waals surface area contributed by atoms with Gasteiger partial charge in [0.25, 0.3) is 0 Å². The second-order valence-electron chi connectivity index (χ2n) is 14.0. The van der Waals surface area contributed by atoms with Gasteiger partial charge in [-0.25, -0.2) is 9.97 Å². The van der Waals surface area contributed by atoms with Crippen molar-refractivity contribution in [2.75, 3.05) is 4.90 Å². The molecule has 0 fully saturated rings. The second kappa shape index (κ2) is 12.6. The predicted molar refractivity (Wildman–Crippen MR) is 233 cm³/mol. The zero-order chi connectivity index (χ0) is 36.5. The van der Waals surface area contributed by atoms with Crippen LogP contribution in [0.15, 0.2) is 158 Å². The molecule has 0 amide bonds. The van der Waals surface area contributed by atoms with E-state index in [1.165, 1.54) is 48.0 Å². The summed E-state index contributed by atoms with van der Waals surface area (Å²) in [6.45, 7) is 12.8. The summed E-state index contributed by atoms with van der Waals surface area (Å²) in [5.74, 6) is 0.876. The number of hydrogen-bond donors (Lipinski definition) is 0. The number of rotatable bonds is 6. The minimum Gasteiger partial charge on any atom is -0.315 e. The van der Waals surface area contributed by atoms with Crippen LogP contribution in [0.5, 0.6) is 0 Å². The SMILES string of the molecule is C=CC1=C(/C=C\C)c2c(sc3c2ccc2ccccc23)[C@H]2C1c1ccccc1N2c1nc2c(ccc3ccccc32)nc1-c1cccc(C=C)c1/C=C\C. The van der Waals surface area contributed by atoms with Crippen molar-refractivity contribution in [1.29, 1.82) is 0 Å². The zero-order valence-corrected chi connectivity index (χ0v) is 31.1. The molecule has 1 unspecified atom stereocenters. The average molecular weight is 712 g/mol. The Balaban J connectivity index is 1.36. The molecule has 3 nitrogen and oxygen atoms in total. The molecule has 1 aliphatic heterocycles. The molecule has 258 valence electrons. The minimum absolute atomic E-state index is 0.0316. The van der Waals surface area contributed by atoms with Gasteiger partial charge in [-0.3, -0.25) is 0 Å². The van der Waals surface area contributed by atoms with Crippen molar-refractivity contribution in [3.63, 3.8) is 0 Å². The van der Waals surface area contributed by atoms with Crippen molar-refractivity contribution in [3.05, 3.63) is 185 Å². The first-order chi connectivity index (χ1) is 26.6. The number of para-hydroxylation sites is 1. The first kappa shape index (κ1) is 32.3. The minimum atomic E-state index is -0.0798. The van der Waals surface area contributed by atoms with Crippen LogP contribution in [0.4, 0.5) is 11.5 Å². The standard InChI is InChI=1S/C50H37N3S/c1-5-16-34-30(7-3)20-15-24-38(34)46-50(52-45-35-21-11-9-18-31(35)27-29-41(45)51-46)53-42-25-14-13-23-39(42)43-33(8-4)37(17-6-2)44-40-28-26-32-19-10-12-22-36(32)48(40)54-49(44)47(43)53/h5-29,43,47H,3-4H2,1-2H3/b16-5-,17-6-/t43?,47-/m1/s1. The Kier molecular flexibility index (Phi) is 7.57. The van der Waals surface area contributed by atoms with Crippen molar-refractivity contribution in [1.82, 2.24) is 9.97 Å². The summed E-state index contributed by atoms with van der Waals surface area (Å²) in [5.41, 5.74) is 11.9. The van der Waals surface area contributed by atoms with E-state index in [9.17, 15) is 0 Å². The zero-order valence-electron chi connectivity index (χ0n) is 30.3. The van der Waals surface area contributed by atoms with Crippen LogP contribution in [0.25, 0.3) is 71.6 Å². The molecule has 0 radical (unpaired) electrons. The average Bonchev–Trinajstić information content (AvgIpc) is 3.78. The molecule has 10 rings (SSSR count). The second-order valence-corrected chi connectivity index (χ2v) is 15.0. The van der Waals surface area contributed by atoms with Gasteiger partial charge in [0.1, 0.15) is 5.69 Å². The fraction of sp³-hybridized carbons (Fsp3) is 0.0800. The Morgan fingerprint density at radius 3 is 2.22 bits per heavy atom. The number of nitrogens with zero attached hydrogens (tertiary/aromatic N) is 3. The number of fused-ring (bicyclic) bond motifs is 12. The van der Waals surface area contributed by atoms with E-state index in [0.29, 0.717) is 0 Å². The summed E-state index contributed by atoms with van der Waals surface area (Å²) >= 11 is 1.93. The molecule has 0 bridgehead atoms. The predicted octanol–water partition coefficient (Wildman–Crippen LogP) is 14.0. The van der Waals surface area contributed by atoms with E-state index in [4.69, 9.17) is 9.97 Å². The van der Waals surface area contributed by atoms with Crippen LogP contribution in [0.2, 0.25) is 0 Å². The number of aromatic nitrogens is 2. The summed E-state index contributed by atoms with van der Waals surface area (Å²) in [5, 5.41) is 6.04. The van der Waals surface area contributed by atoms with Crippen molar-refractivity contribution < 1.29 is 0 Å². The molecule has 0 saturated heterocycles. The number of allylic oxidation sites excluding steroid dienone is 5. The smallest absolute Gasteiger partial charge is 0.161 e. The summed E-state index contributed by atoms with van der Waals surface area (Å²) in [6, 6.07) is 41.3. The molecule has 2 atom stereocenters. The maximum absolute atomic E-state index is 5.75. The molecule has 4 heteroatoms. The lowest BCUT2D eigenvalue weighted by Crippen LogP contribution is -2.27. The molecule has 6 aromatic carbocycles. The Morgan fingerprint density at radius 2 is 1.43 bits per heavy atom. The molecule has 8 aromatic rings. The lowest BCUT2D eigenvalue weighted by atomic mass is 9.76. The fourth-order valence-corrected chi connectivity index (χ4v) is 10.4. The van der Waals surface area contributed by atoms with Crippen molar-refractivity contribution in [3.8, 4) is 11.3 Å². The van der Waals surface area contributed by atoms with Gasteiger partial charge in [0, 0.05) is 43.1 Å². The van der Waals surface area contributed by atoms with Crippen LogP contribution in [-0.4, -0.2) is 9.97 Å². The van der Waals surface area contributed by atoms with Gasteiger partial charge in [-0.05, 0) is 70.0 Å². The summed E-state index contributed by atoms with van der Waals surface area (Å²) in [7, 11) is 0. The largest absolute Gasteiger partial charge is 0.315 e. The first-order valence-corrected chi connectivity index (χ1v) is 19.4. The van der Waals surface area contributed by atoms with Crippen LogP contribution < -0.4 is 4.90 Å². The van der Waals surface area contributed by atoms with Crippen LogP contribution in [0, 0.1) is 0 Å². The van der Waals surface area contributed by atoms with Gasteiger partial charge >= 0.3 is 0 Å². The van der Waals surface area contributed by atoms with Gasteiger partial charge in [-0.1, -0.05) is 153 Å². The van der Waals surface area contributed by atoms with Gasteiger partial charge < -0.3 is 4.90 Å². The van der Waals surface area contributed by atoms with Crippen LogP contribution in [-0.2, 0) is 0 Å². The Bertz CT molecular complexity index is 2980. The third-order valence-corrected chi connectivity index (χ3v) is 12.5. The summed E-state index contributed by atoms with van der Waals surface area (Å²) in [6.07, 6.45) is 12.7. The summed E-state index contributed by atoms with van der Waals surface area (Å²) in [4.78, 5) is 15.2. The van der Waals surface area contributed by atoms with Crippen LogP contribution in [0.1, 0.15) is 52.9 Å². The fourth-order valence-electron chi connectivity index (χ4n) is 8.97. The molecule has 0 saturated carbocycles. The van der Waals surface area contributed by atoms with Gasteiger partial charge in [-0.2, -0.15) is 0 Å². The molecular formula is C50H37N3S. The first-order valence-electron chi connectivity index (χ1n) is 18.5. The van der Waals surface area contributed by atoms with Crippen LogP contribution >= 0.6 is 11.3 Å².